The Morgan fingerprint density at radius 2 is 2.09 bits per heavy atom. The van der Waals surface area contributed by atoms with Gasteiger partial charge in [0.2, 0.25) is 0 Å². The summed E-state index contributed by atoms with van der Waals surface area (Å²) in [6.45, 7) is 11.0. The van der Waals surface area contributed by atoms with Crippen molar-refractivity contribution in [3.05, 3.63) is 60.7 Å². The van der Waals surface area contributed by atoms with Crippen molar-refractivity contribution in [2.24, 2.45) is 11.8 Å². The van der Waals surface area contributed by atoms with Gasteiger partial charge >= 0.3 is 6.09 Å². The molecule has 0 spiro atoms. The standard InChI is InChI=1S/C18H23NO3/c1-6-8-9-15(7-2)22-18(21)19-11-10-16(13(3)4)17(12-19)14(5)20/h6-13,16H,2H2,1,3-5H3/b8-6-,15-9+. The van der Waals surface area contributed by atoms with Gasteiger partial charge in [-0.2, -0.15) is 0 Å². The van der Waals surface area contributed by atoms with Crippen LogP contribution in [0.15, 0.2) is 60.7 Å². The first kappa shape index (κ1) is 17.7. The predicted molar refractivity (Wildman–Crippen MR) is 87.6 cm³/mol. The highest BCUT2D eigenvalue weighted by Gasteiger charge is 2.25. The molecule has 0 fully saturated rings. The Morgan fingerprint density at radius 1 is 1.41 bits per heavy atom. The Labute approximate surface area is 132 Å². The maximum absolute atomic E-state index is 12.2. The van der Waals surface area contributed by atoms with Crippen molar-refractivity contribution in [1.29, 1.82) is 0 Å². The molecule has 0 aliphatic carbocycles. The van der Waals surface area contributed by atoms with Gasteiger partial charge in [0, 0.05) is 23.9 Å². The van der Waals surface area contributed by atoms with E-state index in [9.17, 15) is 9.59 Å². The molecule has 1 heterocycles. The minimum absolute atomic E-state index is 0.0130. The summed E-state index contributed by atoms with van der Waals surface area (Å²) in [5, 5.41) is 0. The third-order valence-electron chi connectivity index (χ3n) is 3.29. The lowest BCUT2D eigenvalue weighted by atomic mass is 9.85. The van der Waals surface area contributed by atoms with Crippen molar-refractivity contribution in [1.82, 2.24) is 4.90 Å². The lowest BCUT2D eigenvalue weighted by Crippen LogP contribution is -2.28. The Hall–Kier alpha value is -2.36. The third kappa shape index (κ3) is 4.58. The molecule has 0 radical (unpaired) electrons. The van der Waals surface area contributed by atoms with Crippen molar-refractivity contribution in [2.45, 2.75) is 27.7 Å². The number of carbonyl (C=O) groups excluding carboxylic acids is 2. The normalized spacial score (nSPS) is 18.6. The smallest absolute Gasteiger partial charge is 0.410 e. The lowest BCUT2D eigenvalue weighted by Gasteiger charge is -2.26. The second kappa shape index (κ2) is 8.17. The van der Waals surface area contributed by atoms with Crippen LogP contribution in [0.1, 0.15) is 27.7 Å². The highest BCUT2D eigenvalue weighted by Crippen LogP contribution is 2.27. The fraction of sp³-hybridized carbons (Fsp3) is 0.333. The number of nitrogens with zero attached hydrogens (tertiary/aromatic N) is 1. The zero-order chi connectivity index (χ0) is 16.7. The van der Waals surface area contributed by atoms with Crippen LogP contribution in [0.3, 0.4) is 0 Å². The summed E-state index contributed by atoms with van der Waals surface area (Å²) in [5.41, 5.74) is 0.604. The maximum Gasteiger partial charge on any atom is 0.423 e. The summed E-state index contributed by atoms with van der Waals surface area (Å²) in [7, 11) is 0. The molecular formula is C18H23NO3. The number of Topliss-reactive ketones (excluding diaryl/α,β-unsaturated/α-hetero) is 1. The van der Waals surface area contributed by atoms with Gasteiger partial charge in [-0.15, -0.1) is 0 Å². The maximum atomic E-state index is 12.2. The van der Waals surface area contributed by atoms with Crippen molar-refractivity contribution >= 4 is 11.9 Å². The van der Waals surface area contributed by atoms with Crippen molar-refractivity contribution in [3.8, 4) is 0 Å². The van der Waals surface area contributed by atoms with Crippen molar-refractivity contribution < 1.29 is 14.3 Å². The number of ether oxygens (including phenoxy) is 1. The van der Waals surface area contributed by atoms with Gasteiger partial charge in [-0.05, 0) is 31.9 Å². The van der Waals surface area contributed by atoms with Gasteiger partial charge < -0.3 is 4.74 Å². The Kier molecular flexibility index (Phi) is 6.57. The van der Waals surface area contributed by atoms with E-state index in [0.29, 0.717) is 11.3 Å². The van der Waals surface area contributed by atoms with Crippen molar-refractivity contribution in [2.75, 3.05) is 0 Å². The molecule has 0 aromatic heterocycles. The second-order valence-corrected chi connectivity index (χ2v) is 5.33. The van der Waals surface area contributed by atoms with Gasteiger partial charge in [0.25, 0.3) is 0 Å². The molecule has 118 valence electrons. The summed E-state index contributed by atoms with van der Waals surface area (Å²) in [6, 6.07) is 0. The molecule has 1 aliphatic heterocycles. The Morgan fingerprint density at radius 3 is 2.59 bits per heavy atom. The number of ketones is 1. The van der Waals surface area contributed by atoms with Crippen LogP contribution in [0.5, 0.6) is 0 Å². The van der Waals surface area contributed by atoms with Gasteiger partial charge in [0.15, 0.2) is 5.78 Å². The van der Waals surface area contributed by atoms with Crippen LogP contribution in [0.2, 0.25) is 0 Å². The predicted octanol–water partition coefficient (Wildman–Crippen LogP) is 4.34. The van der Waals surface area contributed by atoms with Crippen LogP contribution < -0.4 is 0 Å². The van der Waals surface area contributed by atoms with E-state index in [1.54, 1.807) is 24.6 Å². The van der Waals surface area contributed by atoms with Crippen LogP contribution in [0.25, 0.3) is 0 Å². The molecule has 1 aliphatic rings. The fourth-order valence-corrected chi connectivity index (χ4v) is 2.08. The Bertz CT molecular complexity index is 565. The summed E-state index contributed by atoms with van der Waals surface area (Å²) >= 11 is 0. The van der Waals surface area contributed by atoms with E-state index in [1.807, 2.05) is 32.9 Å². The molecule has 4 heteroatoms. The minimum Gasteiger partial charge on any atom is -0.410 e. The second-order valence-electron chi connectivity index (χ2n) is 5.33. The van der Waals surface area contributed by atoms with Crippen molar-refractivity contribution in [3.63, 3.8) is 0 Å². The van der Waals surface area contributed by atoms with Crippen LogP contribution >= 0.6 is 0 Å². The zero-order valence-electron chi connectivity index (χ0n) is 13.6. The Balaban J connectivity index is 2.93. The van der Waals surface area contributed by atoms with E-state index in [4.69, 9.17) is 4.74 Å². The van der Waals surface area contributed by atoms with E-state index in [-0.39, 0.29) is 17.6 Å². The molecular weight excluding hydrogens is 278 g/mol. The van der Waals surface area contributed by atoms with E-state index in [1.165, 1.54) is 17.9 Å². The highest BCUT2D eigenvalue weighted by atomic mass is 16.6. The average Bonchev–Trinajstić information content (AvgIpc) is 2.50. The van der Waals surface area contributed by atoms with Gasteiger partial charge in [0.05, 0.1) is 0 Å². The summed E-state index contributed by atoms with van der Waals surface area (Å²) < 4.78 is 5.24. The number of rotatable bonds is 5. The van der Waals surface area contributed by atoms with Gasteiger partial charge in [-0.1, -0.05) is 38.7 Å². The van der Waals surface area contributed by atoms with Crippen LogP contribution in [0.4, 0.5) is 4.79 Å². The molecule has 0 N–H and O–H groups in total. The molecule has 22 heavy (non-hydrogen) atoms. The molecule has 1 atom stereocenters. The van der Waals surface area contributed by atoms with E-state index >= 15 is 0 Å². The van der Waals surface area contributed by atoms with E-state index < -0.39 is 6.09 Å². The van der Waals surface area contributed by atoms with Gasteiger partial charge in [-0.3, -0.25) is 9.69 Å². The first-order valence-corrected chi connectivity index (χ1v) is 7.27. The lowest BCUT2D eigenvalue weighted by molar-refractivity contribution is -0.114. The summed E-state index contributed by atoms with van der Waals surface area (Å²) in [5.74, 6) is 0.594. The number of allylic oxidation sites excluding steroid dienone is 6. The molecule has 4 nitrogen and oxygen atoms in total. The van der Waals surface area contributed by atoms with Crippen LogP contribution in [0, 0.1) is 11.8 Å². The van der Waals surface area contributed by atoms with Crippen LogP contribution in [-0.2, 0) is 9.53 Å². The van der Waals surface area contributed by atoms with E-state index in [0.717, 1.165) is 0 Å². The van der Waals surface area contributed by atoms with Gasteiger partial charge in [0.1, 0.15) is 5.76 Å². The quantitative estimate of drug-likeness (QED) is 0.560. The van der Waals surface area contributed by atoms with E-state index in [2.05, 4.69) is 6.58 Å². The van der Waals surface area contributed by atoms with Gasteiger partial charge in [-0.25, -0.2) is 4.79 Å². The number of amides is 1. The average molecular weight is 301 g/mol. The first-order valence-electron chi connectivity index (χ1n) is 7.27. The molecule has 1 rings (SSSR count). The number of hydrogen-bond donors (Lipinski definition) is 0. The molecule has 1 amide bonds. The minimum atomic E-state index is -0.576. The molecule has 0 bridgehead atoms. The molecule has 0 saturated carbocycles. The molecule has 0 aromatic carbocycles. The van der Waals surface area contributed by atoms with Crippen LogP contribution in [-0.4, -0.2) is 16.8 Å². The number of hydrogen-bond acceptors (Lipinski definition) is 3. The third-order valence-corrected chi connectivity index (χ3v) is 3.29. The molecule has 0 saturated heterocycles. The fourth-order valence-electron chi connectivity index (χ4n) is 2.08. The molecule has 0 aromatic rings. The number of carbonyl (C=O) groups is 2. The highest BCUT2D eigenvalue weighted by molar-refractivity contribution is 5.95. The zero-order valence-corrected chi connectivity index (χ0v) is 13.6. The largest absolute Gasteiger partial charge is 0.423 e. The SMILES string of the molecule is C=C/C(=C\C=C/C)OC(=O)N1C=CC(C(C)C)C(C(C)=O)=C1. The topological polar surface area (TPSA) is 46.6 Å². The summed E-state index contributed by atoms with van der Waals surface area (Å²) in [6.07, 6.45) is 11.1. The monoisotopic (exact) mass is 301 g/mol. The molecule has 1 unspecified atom stereocenters. The summed E-state index contributed by atoms with van der Waals surface area (Å²) in [4.78, 5) is 25.2. The first-order chi connectivity index (χ1) is 10.4.